The number of anilines is 1. The zero-order chi connectivity index (χ0) is 15.6. The van der Waals surface area contributed by atoms with E-state index >= 15 is 0 Å². The van der Waals surface area contributed by atoms with Crippen molar-refractivity contribution in [3.63, 3.8) is 0 Å². The summed E-state index contributed by atoms with van der Waals surface area (Å²) in [6, 6.07) is 1.81. The van der Waals surface area contributed by atoms with Gasteiger partial charge in [0.1, 0.15) is 0 Å². The molecule has 21 heavy (non-hydrogen) atoms. The topological polar surface area (TPSA) is 85.3 Å². The van der Waals surface area contributed by atoms with Crippen LogP contribution in [0.3, 0.4) is 0 Å². The minimum atomic E-state index is -0.205. The number of fused-ring (bicyclic) bond motifs is 1. The van der Waals surface area contributed by atoms with E-state index in [1.165, 1.54) is 4.52 Å². The highest BCUT2D eigenvalue weighted by molar-refractivity contribution is 6.01. The Kier molecular flexibility index (Phi) is 4.07. The van der Waals surface area contributed by atoms with Crippen molar-refractivity contribution in [1.82, 2.24) is 19.9 Å². The van der Waals surface area contributed by atoms with Gasteiger partial charge < -0.3 is 11.1 Å². The highest BCUT2D eigenvalue weighted by atomic mass is 16.1. The number of nitrogens with two attached hydrogens (primary N) is 1. The zero-order valence-corrected chi connectivity index (χ0v) is 12.4. The summed E-state index contributed by atoms with van der Waals surface area (Å²) < 4.78 is 1.52. The number of nitrogen functional groups attached to an aromatic ring is 1. The minimum absolute atomic E-state index is 0.0297. The number of rotatable bonds is 4. The largest absolute Gasteiger partial charge is 0.366 e. The van der Waals surface area contributed by atoms with Crippen LogP contribution in [0.2, 0.25) is 0 Å². The molecule has 0 atom stereocenters. The first-order valence-electron chi connectivity index (χ1n) is 6.72. The highest BCUT2D eigenvalue weighted by Crippen LogP contribution is 2.20. The number of carbonyl (C=O) groups excluding carboxylic acids is 1. The molecule has 2 aromatic heterocycles. The summed E-state index contributed by atoms with van der Waals surface area (Å²) in [6.45, 7) is 9.49. The van der Waals surface area contributed by atoms with E-state index in [1.807, 2.05) is 26.8 Å². The molecule has 0 radical (unpaired) electrons. The second-order valence-electron chi connectivity index (χ2n) is 4.96. The molecule has 6 heteroatoms. The average Bonchev–Trinajstić information content (AvgIpc) is 2.78. The Balaban J connectivity index is 2.65. The second kappa shape index (κ2) is 5.78. The molecule has 0 unspecified atom stereocenters. The van der Waals surface area contributed by atoms with Crippen molar-refractivity contribution < 1.29 is 4.79 Å². The van der Waals surface area contributed by atoms with Crippen LogP contribution in [0, 0.1) is 0 Å². The zero-order valence-electron chi connectivity index (χ0n) is 12.4. The van der Waals surface area contributed by atoms with E-state index < -0.39 is 0 Å². The van der Waals surface area contributed by atoms with E-state index in [9.17, 15) is 4.79 Å². The number of hydrogen-bond acceptors (Lipinski definition) is 4. The first-order chi connectivity index (χ1) is 9.96. The number of nitrogens with one attached hydrogen (secondary N) is 1. The minimum Gasteiger partial charge on any atom is -0.366 e. The van der Waals surface area contributed by atoms with Gasteiger partial charge in [-0.3, -0.25) is 4.79 Å². The first kappa shape index (κ1) is 14.8. The van der Waals surface area contributed by atoms with Gasteiger partial charge in [-0.05, 0) is 32.4 Å². The summed E-state index contributed by atoms with van der Waals surface area (Å²) in [4.78, 5) is 16.5. The number of hydrogen-bond donors (Lipinski definition) is 2. The Hall–Kier alpha value is -2.63. The van der Waals surface area contributed by atoms with Crippen LogP contribution in [0.1, 0.15) is 36.7 Å². The number of carbonyl (C=O) groups is 1. The maximum absolute atomic E-state index is 12.4. The van der Waals surface area contributed by atoms with Crippen molar-refractivity contribution in [2.24, 2.45) is 0 Å². The molecular weight excluding hydrogens is 266 g/mol. The van der Waals surface area contributed by atoms with Crippen molar-refractivity contribution in [2.45, 2.75) is 26.8 Å². The molecule has 0 aliphatic carbocycles. The van der Waals surface area contributed by atoms with E-state index in [2.05, 4.69) is 22.0 Å². The van der Waals surface area contributed by atoms with E-state index in [0.29, 0.717) is 11.2 Å². The van der Waals surface area contributed by atoms with E-state index in [1.54, 1.807) is 18.3 Å². The maximum atomic E-state index is 12.4. The van der Waals surface area contributed by atoms with E-state index in [0.717, 1.165) is 11.1 Å². The van der Waals surface area contributed by atoms with Gasteiger partial charge in [0.2, 0.25) is 5.95 Å². The standard InChI is InChI=1S/C15H19N5O/c1-5-10(6-2)11-7-12(14(21)17-9(3)4)13-18-15(16)19-20(13)8-11/h5-9H,1H2,2-4H3,(H2,16,19)(H,17,21)/b10-6+. The molecule has 6 nitrogen and oxygen atoms in total. The maximum Gasteiger partial charge on any atom is 0.255 e. The fourth-order valence-corrected chi connectivity index (χ4v) is 2.07. The van der Waals surface area contributed by atoms with Gasteiger partial charge in [-0.1, -0.05) is 18.7 Å². The summed E-state index contributed by atoms with van der Waals surface area (Å²) in [5.74, 6) is -0.0739. The van der Waals surface area contributed by atoms with Crippen LogP contribution in [0.15, 0.2) is 31.0 Å². The molecule has 2 aromatic rings. The van der Waals surface area contributed by atoms with E-state index in [-0.39, 0.29) is 17.9 Å². The van der Waals surface area contributed by atoms with Gasteiger partial charge in [0, 0.05) is 17.8 Å². The molecule has 0 fully saturated rings. The Morgan fingerprint density at radius 1 is 1.52 bits per heavy atom. The predicted octanol–water partition coefficient (Wildman–Crippen LogP) is 2.04. The van der Waals surface area contributed by atoms with Gasteiger partial charge in [-0.2, -0.15) is 4.98 Å². The Labute approximate surface area is 123 Å². The molecule has 0 saturated heterocycles. The summed E-state index contributed by atoms with van der Waals surface area (Å²) >= 11 is 0. The number of nitrogens with zero attached hydrogens (tertiary/aromatic N) is 3. The summed E-state index contributed by atoms with van der Waals surface area (Å²) in [6.07, 6.45) is 5.42. The molecule has 0 aromatic carbocycles. The molecule has 2 heterocycles. The third-order valence-corrected chi connectivity index (χ3v) is 2.98. The van der Waals surface area contributed by atoms with Crippen molar-refractivity contribution >= 4 is 23.1 Å². The van der Waals surface area contributed by atoms with Crippen LogP contribution in [0.4, 0.5) is 5.95 Å². The molecule has 0 aliphatic rings. The molecule has 2 rings (SSSR count). The second-order valence-corrected chi connectivity index (χ2v) is 4.96. The van der Waals surface area contributed by atoms with Gasteiger partial charge in [-0.25, -0.2) is 4.52 Å². The summed E-state index contributed by atoms with van der Waals surface area (Å²) in [5, 5.41) is 6.95. The van der Waals surface area contributed by atoms with E-state index in [4.69, 9.17) is 5.73 Å². The summed E-state index contributed by atoms with van der Waals surface area (Å²) in [5.41, 5.74) is 8.26. The third kappa shape index (κ3) is 2.94. The van der Waals surface area contributed by atoms with Crippen LogP contribution < -0.4 is 11.1 Å². The van der Waals surface area contributed by atoms with Gasteiger partial charge >= 0.3 is 0 Å². The third-order valence-electron chi connectivity index (χ3n) is 2.98. The van der Waals surface area contributed by atoms with Gasteiger partial charge in [-0.15, -0.1) is 5.10 Å². The van der Waals surface area contributed by atoms with Crippen LogP contribution in [0.25, 0.3) is 11.2 Å². The predicted molar refractivity (Wildman–Crippen MR) is 83.8 cm³/mol. The Bertz CT molecular complexity index is 727. The number of pyridine rings is 1. The number of allylic oxidation sites excluding steroid dienone is 3. The molecular formula is C15H19N5O. The van der Waals surface area contributed by atoms with Crippen LogP contribution in [-0.2, 0) is 0 Å². The quantitative estimate of drug-likeness (QED) is 0.842. The van der Waals surface area contributed by atoms with Crippen LogP contribution in [-0.4, -0.2) is 26.5 Å². The molecule has 1 amide bonds. The monoisotopic (exact) mass is 285 g/mol. The smallest absolute Gasteiger partial charge is 0.255 e. The average molecular weight is 285 g/mol. The normalized spacial score (nSPS) is 11.9. The Morgan fingerprint density at radius 3 is 2.81 bits per heavy atom. The molecule has 110 valence electrons. The SMILES string of the molecule is C=C/C(=C\C)c1cc(C(=O)NC(C)C)c2nc(N)nn2c1. The van der Waals surface area contributed by atoms with Gasteiger partial charge in [0.15, 0.2) is 5.65 Å². The van der Waals surface area contributed by atoms with Crippen molar-refractivity contribution in [2.75, 3.05) is 5.73 Å². The molecule has 0 aliphatic heterocycles. The van der Waals surface area contributed by atoms with Crippen molar-refractivity contribution in [3.05, 3.63) is 42.1 Å². The lowest BCUT2D eigenvalue weighted by molar-refractivity contribution is 0.0944. The number of amides is 1. The van der Waals surface area contributed by atoms with Gasteiger partial charge in [0.05, 0.1) is 5.56 Å². The lowest BCUT2D eigenvalue weighted by Crippen LogP contribution is -2.30. The molecule has 3 N–H and O–H groups in total. The first-order valence-corrected chi connectivity index (χ1v) is 6.72. The molecule has 0 spiro atoms. The summed E-state index contributed by atoms with van der Waals surface area (Å²) in [7, 11) is 0. The highest BCUT2D eigenvalue weighted by Gasteiger charge is 2.16. The van der Waals surface area contributed by atoms with Crippen molar-refractivity contribution in [3.8, 4) is 0 Å². The van der Waals surface area contributed by atoms with Crippen LogP contribution in [0.5, 0.6) is 0 Å². The molecule has 0 bridgehead atoms. The lowest BCUT2D eigenvalue weighted by Gasteiger charge is -2.11. The fourth-order valence-electron chi connectivity index (χ4n) is 2.07. The Morgan fingerprint density at radius 2 is 2.24 bits per heavy atom. The number of aromatic nitrogens is 3. The van der Waals surface area contributed by atoms with Crippen molar-refractivity contribution in [1.29, 1.82) is 0 Å². The van der Waals surface area contributed by atoms with Crippen LogP contribution >= 0.6 is 0 Å². The fraction of sp³-hybridized carbons (Fsp3) is 0.267. The lowest BCUT2D eigenvalue weighted by atomic mass is 10.1. The van der Waals surface area contributed by atoms with Gasteiger partial charge in [0.25, 0.3) is 5.91 Å². The molecule has 0 saturated carbocycles.